The molecule has 316 valence electrons. The summed E-state index contributed by atoms with van der Waals surface area (Å²) in [5.41, 5.74) is -0.648. The molecule has 8 heteroatoms. The van der Waals surface area contributed by atoms with E-state index in [-0.39, 0.29) is 31.1 Å². The van der Waals surface area contributed by atoms with E-state index < -0.39 is 23.3 Å². The van der Waals surface area contributed by atoms with Crippen molar-refractivity contribution in [3.05, 3.63) is 0 Å². The highest BCUT2D eigenvalue weighted by Crippen LogP contribution is 2.48. The standard InChI is InChI=1S/C46H84O8/c1-5-8-11-14-16-18-20-24-29-34-42(47)51-52-43(48)35-31-26-22-23-27-32-40-37-38-41(33-28-13-10-7-3)46(4,39-40)45(50)54-53-44(49)36-30-25-21-19-17-15-12-9-6-2/h40-41H,5-39H2,1-4H3. The first-order valence-electron chi connectivity index (χ1n) is 23.1. The van der Waals surface area contributed by atoms with Crippen molar-refractivity contribution in [1.29, 1.82) is 0 Å². The van der Waals surface area contributed by atoms with E-state index in [0.29, 0.717) is 12.3 Å². The average molecular weight is 765 g/mol. The van der Waals surface area contributed by atoms with Crippen molar-refractivity contribution in [2.45, 2.75) is 252 Å². The quantitative estimate of drug-likeness (QED) is 0.0362. The summed E-state index contributed by atoms with van der Waals surface area (Å²) in [6.45, 7) is 8.70. The number of unbranched alkanes of at least 4 members (excludes halogenated alkanes) is 23. The van der Waals surface area contributed by atoms with Gasteiger partial charge in [0.25, 0.3) is 0 Å². The molecule has 0 radical (unpaired) electrons. The second-order valence-electron chi connectivity index (χ2n) is 16.8. The third kappa shape index (κ3) is 25.9. The van der Waals surface area contributed by atoms with Crippen molar-refractivity contribution < 1.29 is 38.7 Å². The van der Waals surface area contributed by atoms with Crippen LogP contribution in [0.3, 0.4) is 0 Å². The highest BCUT2D eigenvalue weighted by atomic mass is 17.2. The minimum Gasteiger partial charge on any atom is -0.247 e. The van der Waals surface area contributed by atoms with Crippen molar-refractivity contribution in [2.75, 3.05) is 0 Å². The highest BCUT2D eigenvalue weighted by molar-refractivity contribution is 5.78. The Hall–Kier alpha value is -2.12. The van der Waals surface area contributed by atoms with Crippen LogP contribution >= 0.6 is 0 Å². The number of carbonyl (C=O) groups excluding carboxylic acids is 4. The Morgan fingerprint density at radius 3 is 1.19 bits per heavy atom. The summed E-state index contributed by atoms with van der Waals surface area (Å²) >= 11 is 0. The fraction of sp³-hybridized carbons (Fsp3) is 0.913. The van der Waals surface area contributed by atoms with E-state index in [2.05, 4.69) is 20.8 Å². The molecule has 0 aromatic rings. The number of hydrogen-bond acceptors (Lipinski definition) is 8. The molecule has 0 spiro atoms. The SMILES string of the molecule is CCCCCCCCCCCC(=O)OOC(=O)CCCCCCCC1CCC(CCCCCC)C(C)(C(=O)OOC(=O)CCCCCCCCCCC)C1. The zero-order chi connectivity index (χ0) is 39.5. The lowest BCUT2D eigenvalue weighted by Crippen LogP contribution is -2.42. The fourth-order valence-corrected chi connectivity index (χ4v) is 8.19. The molecule has 1 saturated carbocycles. The van der Waals surface area contributed by atoms with Gasteiger partial charge in [0, 0.05) is 0 Å². The molecule has 1 aliphatic carbocycles. The van der Waals surface area contributed by atoms with Gasteiger partial charge in [-0.1, -0.05) is 188 Å². The summed E-state index contributed by atoms with van der Waals surface area (Å²) in [5.74, 6) is -1.10. The Bertz CT molecular complexity index is 951. The summed E-state index contributed by atoms with van der Waals surface area (Å²) in [5, 5.41) is 0. The molecule has 0 bridgehead atoms. The van der Waals surface area contributed by atoms with Gasteiger partial charge in [-0.25, -0.2) is 38.7 Å². The van der Waals surface area contributed by atoms with Crippen LogP contribution in [0.4, 0.5) is 0 Å². The smallest absolute Gasteiger partial charge is 0.247 e. The molecule has 0 N–H and O–H groups in total. The van der Waals surface area contributed by atoms with Gasteiger partial charge < -0.3 is 0 Å². The first kappa shape index (κ1) is 49.9. The predicted octanol–water partition coefficient (Wildman–Crippen LogP) is 14.0. The van der Waals surface area contributed by atoms with Crippen LogP contribution in [0.25, 0.3) is 0 Å². The third-order valence-corrected chi connectivity index (χ3v) is 11.8. The number of rotatable bonds is 34. The number of hydrogen-bond donors (Lipinski definition) is 0. The molecular formula is C46H84O8. The van der Waals surface area contributed by atoms with Crippen molar-refractivity contribution >= 4 is 23.9 Å². The highest BCUT2D eigenvalue weighted by Gasteiger charge is 2.47. The van der Waals surface area contributed by atoms with Gasteiger partial charge in [-0.15, -0.1) is 0 Å². The number of carbonyl (C=O) groups is 4. The summed E-state index contributed by atoms with van der Waals surface area (Å²) in [6.07, 6.45) is 36.4. The Morgan fingerprint density at radius 1 is 0.426 bits per heavy atom. The lowest BCUT2D eigenvalue weighted by atomic mass is 9.61. The van der Waals surface area contributed by atoms with E-state index in [9.17, 15) is 19.2 Å². The maximum atomic E-state index is 13.5. The Balaban J connectivity index is 2.29. The van der Waals surface area contributed by atoms with Gasteiger partial charge in [0.1, 0.15) is 0 Å². The molecule has 0 amide bonds. The summed E-state index contributed by atoms with van der Waals surface area (Å²) in [4.78, 5) is 69.8. The van der Waals surface area contributed by atoms with Crippen molar-refractivity contribution in [2.24, 2.45) is 17.3 Å². The molecule has 1 fully saturated rings. The van der Waals surface area contributed by atoms with Crippen LogP contribution < -0.4 is 0 Å². The van der Waals surface area contributed by atoms with E-state index in [1.807, 2.05) is 6.92 Å². The van der Waals surface area contributed by atoms with Crippen molar-refractivity contribution in [1.82, 2.24) is 0 Å². The lowest BCUT2D eigenvalue weighted by Gasteiger charge is -2.42. The van der Waals surface area contributed by atoms with E-state index in [1.54, 1.807) is 0 Å². The molecule has 8 nitrogen and oxygen atoms in total. The van der Waals surface area contributed by atoms with E-state index >= 15 is 0 Å². The molecule has 0 aromatic carbocycles. The molecule has 0 heterocycles. The molecule has 54 heavy (non-hydrogen) atoms. The minimum atomic E-state index is -0.648. The molecule has 0 aromatic heterocycles. The van der Waals surface area contributed by atoms with Gasteiger partial charge in [-0.05, 0) is 57.3 Å². The Labute approximate surface area is 331 Å². The summed E-state index contributed by atoms with van der Waals surface area (Å²) < 4.78 is 0. The van der Waals surface area contributed by atoms with Crippen LogP contribution in [0.2, 0.25) is 0 Å². The topological polar surface area (TPSA) is 105 Å². The van der Waals surface area contributed by atoms with Gasteiger partial charge in [-0.2, -0.15) is 0 Å². The van der Waals surface area contributed by atoms with Crippen molar-refractivity contribution in [3.63, 3.8) is 0 Å². The van der Waals surface area contributed by atoms with Crippen LogP contribution in [-0.2, 0) is 38.7 Å². The molecule has 0 saturated heterocycles. The second-order valence-corrected chi connectivity index (χ2v) is 16.8. The maximum absolute atomic E-state index is 13.5. The largest absolute Gasteiger partial charge is 0.361 e. The summed E-state index contributed by atoms with van der Waals surface area (Å²) in [7, 11) is 0. The molecule has 1 rings (SSSR count). The third-order valence-electron chi connectivity index (χ3n) is 11.8. The fourth-order valence-electron chi connectivity index (χ4n) is 8.19. The van der Waals surface area contributed by atoms with Crippen LogP contribution in [-0.4, -0.2) is 23.9 Å². The van der Waals surface area contributed by atoms with Crippen molar-refractivity contribution in [3.8, 4) is 0 Å². The Kier molecular flexibility index (Phi) is 31.6. The predicted molar refractivity (Wildman–Crippen MR) is 218 cm³/mol. The van der Waals surface area contributed by atoms with Crippen LogP contribution in [0.1, 0.15) is 252 Å². The van der Waals surface area contributed by atoms with Crippen LogP contribution in [0, 0.1) is 17.3 Å². The molecular weight excluding hydrogens is 680 g/mol. The van der Waals surface area contributed by atoms with Crippen LogP contribution in [0.5, 0.6) is 0 Å². The van der Waals surface area contributed by atoms with Gasteiger partial charge in [0.05, 0.1) is 24.7 Å². The van der Waals surface area contributed by atoms with Gasteiger partial charge in [-0.3, -0.25) is 0 Å². The minimum absolute atomic E-state index is 0.239. The van der Waals surface area contributed by atoms with E-state index in [1.165, 1.54) is 96.3 Å². The maximum Gasteiger partial charge on any atom is 0.361 e. The monoisotopic (exact) mass is 765 g/mol. The summed E-state index contributed by atoms with van der Waals surface area (Å²) in [6, 6.07) is 0. The van der Waals surface area contributed by atoms with E-state index in [4.69, 9.17) is 19.6 Å². The van der Waals surface area contributed by atoms with E-state index in [0.717, 1.165) is 103 Å². The van der Waals surface area contributed by atoms with Gasteiger partial charge >= 0.3 is 23.9 Å². The second kappa shape index (κ2) is 34.2. The van der Waals surface area contributed by atoms with Gasteiger partial charge in [0.2, 0.25) is 0 Å². The zero-order valence-electron chi connectivity index (χ0n) is 35.7. The first-order valence-corrected chi connectivity index (χ1v) is 23.1. The molecule has 0 aliphatic heterocycles. The normalized spacial score (nSPS) is 18.3. The molecule has 1 aliphatic rings. The first-order chi connectivity index (χ1) is 26.3. The molecule has 3 unspecified atom stereocenters. The van der Waals surface area contributed by atoms with Crippen LogP contribution in [0.15, 0.2) is 0 Å². The zero-order valence-corrected chi connectivity index (χ0v) is 35.7. The molecule has 3 atom stereocenters. The lowest BCUT2D eigenvalue weighted by molar-refractivity contribution is -0.270. The Morgan fingerprint density at radius 2 is 0.759 bits per heavy atom. The van der Waals surface area contributed by atoms with Gasteiger partial charge in [0.15, 0.2) is 0 Å². The average Bonchev–Trinajstić information content (AvgIpc) is 3.16.